The molecule has 1 aliphatic heterocycles. The summed E-state index contributed by atoms with van der Waals surface area (Å²) in [5, 5.41) is 3.20. The Morgan fingerprint density at radius 1 is 1.50 bits per heavy atom. The van der Waals surface area contributed by atoms with Crippen LogP contribution in [0.1, 0.15) is 19.8 Å². The van der Waals surface area contributed by atoms with Gasteiger partial charge >= 0.3 is 6.09 Å². The van der Waals surface area contributed by atoms with Crippen LogP contribution in [0.2, 0.25) is 0 Å². The van der Waals surface area contributed by atoms with Crippen molar-refractivity contribution in [3.63, 3.8) is 0 Å². The molecule has 0 aromatic carbocycles. The summed E-state index contributed by atoms with van der Waals surface area (Å²) in [6, 6.07) is 0. The van der Waals surface area contributed by atoms with E-state index in [1.807, 2.05) is 11.8 Å². The molecule has 1 saturated heterocycles. The van der Waals surface area contributed by atoms with Crippen molar-refractivity contribution in [2.24, 2.45) is 10.7 Å². The monoisotopic (exact) mass is 228 g/mol. The predicted octanol–water partition coefficient (Wildman–Crippen LogP) is 0.143. The van der Waals surface area contributed by atoms with Crippen LogP contribution < -0.4 is 11.1 Å². The Bertz CT molecular complexity index is 249. The van der Waals surface area contributed by atoms with Crippen LogP contribution in [-0.4, -0.2) is 49.7 Å². The first-order chi connectivity index (χ1) is 7.74. The fourth-order valence-electron chi connectivity index (χ4n) is 1.39. The van der Waals surface area contributed by atoms with E-state index in [4.69, 9.17) is 10.5 Å². The Morgan fingerprint density at radius 3 is 2.81 bits per heavy atom. The number of amides is 1. The Hall–Kier alpha value is -1.30. The third kappa shape index (κ3) is 4.48. The average Bonchev–Trinajstić information content (AvgIpc) is 2.30. The van der Waals surface area contributed by atoms with Crippen molar-refractivity contribution in [3.8, 4) is 0 Å². The normalized spacial score (nSPS) is 17.3. The van der Waals surface area contributed by atoms with Crippen molar-refractivity contribution >= 4 is 12.1 Å². The minimum atomic E-state index is -0.593. The van der Waals surface area contributed by atoms with E-state index in [1.54, 1.807) is 0 Å². The molecule has 0 radical (unpaired) electrons. The van der Waals surface area contributed by atoms with Gasteiger partial charge in [-0.15, -0.1) is 4.99 Å². The van der Waals surface area contributed by atoms with Crippen LogP contribution in [0, 0.1) is 0 Å². The van der Waals surface area contributed by atoms with Crippen LogP contribution in [0.5, 0.6) is 0 Å². The number of ether oxygens (including phenoxy) is 1. The van der Waals surface area contributed by atoms with Gasteiger partial charge in [0, 0.05) is 26.2 Å². The zero-order valence-corrected chi connectivity index (χ0v) is 9.74. The topological polar surface area (TPSA) is 79.9 Å². The second kappa shape index (κ2) is 7.05. The first-order valence-corrected chi connectivity index (χ1v) is 5.70. The number of nitrogens with zero attached hydrogens (tertiary/aromatic N) is 2. The summed E-state index contributed by atoms with van der Waals surface area (Å²) >= 11 is 0. The lowest BCUT2D eigenvalue weighted by Crippen LogP contribution is -2.49. The van der Waals surface area contributed by atoms with Crippen molar-refractivity contribution in [2.75, 3.05) is 32.8 Å². The Balaban J connectivity index is 2.32. The Labute approximate surface area is 95.8 Å². The van der Waals surface area contributed by atoms with E-state index in [1.165, 1.54) is 0 Å². The molecule has 92 valence electrons. The molecule has 0 bridgehead atoms. The van der Waals surface area contributed by atoms with Crippen LogP contribution in [0.15, 0.2) is 4.99 Å². The van der Waals surface area contributed by atoms with Crippen molar-refractivity contribution in [3.05, 3.63) is 0 Å². The number of nitrogens with one attached hydrogen (secondary N) is 1. The number of hydrogen-bond donors (Lipinski definition) is 2. The Morgan fingerprint density at radius 2 is 2.19 bits per heavy atom. The van der Waals surface area contributed by atoms with Gasteiger partial charge in [-0.25, -0.2) is 4.79 Å². The standard InChI is InChI=1S/C10H20N4O2/c1-2-3-8-16-10(15)13-9(11)14-6-4-12-5-7-14/h12H,2-8H2,1H3,(H2,11,13,15). The fourth-order valence-corrected chi connectivity index (χ4v) is 1.39. The molecule has 1 fully saturated rings. The molecule has 0 unspecified atom stereocenters. The van der Waals surface area contributed by atoms with Crippen LogP contribution >= 0.6 is 0 Å². The van der Waals surface area contributed by atoms with Gasteiger partial charge in [0.1, 0.15) is 0 Å². The zero-order valence-electron chi connectivity index (χ0n) is 9.74. The average molecular weight is 228 g/mol. The summed E-state index contributed by atoms with van der Waals surface area (Å²) in [4.78, 5) is 16.8. The molecule has 3 N–H and O–H groups in total. The highest BCUT2D eigenvalue weighted by molar-refractivity contribution is 5.89. The summed E-state index contributed by atoms with van der Waals surface area (Å²) in [5.74, 6) is 0.253. The third-order valence-corrected chi connectivity index (χ3v) is 2.37. The van der Waals surface area contributed by atoms with Gasteiger partial charge in [0.25, 0.3) is 0 Å². The van der Waals surface area contributed by atoms with Gasteiger partial charge in [0.15, 0.2) is 0 Å². The summed E-state index contributed by atoms with van der Waals surface area (Å²) < 4.78 is 4.90. The zero-order chi connectivity index (χ0) is 11.8. The summed E-state index contributed by atoms with van der Waals surface area (Å²) in [6.07, 6.45) is 1.25. The molecule has 0 spiro atoms. The van der Waals surface area contributed by atoms with Gasteiger partial charge in [0.2, 0.25) is 5.96 Å². The highest BCUT2D eigenvalue weighted by Gasteiger charge is 2.13. The molecular weight excluding hydrogens is 208 g/mol. The molecule has 1 amide bonds. The molecule has 0 saturated carbocycles. The van der Waals surface area contributed by atoms with Crippen molar-refractivity contribution < 1.29 is 9.53 Å². The van der Waals surface area contributed by atoms with E-state index < -0.39 is 6.09 Å². The molecule has 0 aliphatic carbocycles. The number of carbonyl (C=O) groups is 1. The van der Waals surface area contributed by atoms with Crippen molar-refractivity contribution in [1.29, 1.82) is 0 Å². The lowest BCUT2D eigenvalue weighted by atomic mass is 10.4. The van der Waals surface area contributed by atoms with Crippen LogP contribution in [0.3, 0.4) is 0 Å². The van der Waals surface area contributed by atoms with E-state index in [9.17, 15) is 4.79 Å². The van der Waals surface area contributed by atoms with E-state index in [-0.39, 0.29) is 5.96 Å². The van der Waals surface area contributed by atoms with Gasteiger partial charge in [-0.3, -0.25) is 0 Å². The van der Waals surface area contributed by atoms with Crippen molar-refractivity contribution in [2.45, 2.75) is 19.8 Å². The largest absolute Gasteiger partial charge is 0.448 e. The quantitative estimate of drug-likeness (QED) is 0.408. The number of unbranched alkanes of at least 4 members (excludes halogenated alkanes) is 1. The van der Waals surface area contributed by atoms with E-state index >= 15 is 0 Å². The minimum absolute atomic E-state index is 0.253. The Kier molecular flexibility index (Phi) is 5.63. The lowest BCUT2D eigenvalue weighted by Gasteiger charge is -2.27. The van der Waals surface area contributed by atoms with Gasteiger partial charge in [-0.1, -0.05) is 13.3 Å². The molecule has 1 aliphatic rings. The van der Waals surface area contributed by atoms with Crippen LogP contribution in [-0.2, 0) is 4.74 Å². The molecule has 6 nitrogen and oxygen atoms in total. The molecule has 1 heterocycles. The highest BCUT2D eigenvalue weighted by Crippen LogP contribution is 1.95. The third-order valence-electron chi connectivity index (χ3n) is 2.37. The van der Waals surface area contributed by atoms with Gasteiger partial charge < -0.3 is 20.7 Å². The molecule has 0 atom stereocenters. The first-order valence-electron chi connectivity index (χ1n) is 5.70. The summed E-state index contributed by atoms with van der Waals surface area (Å²) in [7, 11) is 0. The van der Waals surface area contributed by atoms with Gasteiger partial charge in [0.05, 0.1) is 6.61 Å². The fraction of sp³-hybridized carbons (Fsp3) is 0.800. The maximum absolute atomic E-state index is 11.2. The van der Waals surface area contributed by atoms with E-state index in [0.717, 1.165) is 39.0 Å². The maximum atomic E-state index is 11.2. The number of hydrogen-bond acceptors (Lipinski definition) is 3. The summed E-state index contributed by atoms with van der Waals surface area (Å²) in [6.45, 7) is 5.72. The van der Waals surface area contributed by atoms with Crippen molar-refractivity contribution in [1.82, 2.24) is 10.2 Å². The maximum Gasteiger partial charge on any atom is 0.436 e. The van der Waals surface area contributed by atoms with Gasteiger partial charge in [-0.05, 0) is 6.42 Å². The second-order valence-electron chi connectivity index (χ2n) is 3.67. The number of rotatable bonds is 3. The van der Waals surface area contributed by atoms with E-state index in [2.05, 4.69) is 10.3 Å². The number of piperazine rings is 1. The molecule has 16 heavy (non-hydrogen) atoms. The van der Waals surface area contributed by atoms with E-state index in [0.29, 0.717) is 6.61 Å². The number of nitrogens with two attached hydrogens (primary N) is 1. The highest BCUT2D eigenvalue weighted by atomic mass is 16.5. The van der Waals surface area contributed by atoms with Crippen LogP contribution in [0.4, 0.5) is 4.79 Å². The van der Waals surface area contributed by atoms with Gasteiger partial charge in [-0.2, -0.15) is 0 Å². The number of carbonyl (C=O) groups excluding carboxylic acids is 1. The smallest absolute Gasteiger partial charge is 0.436 e. The second-order valence-corrected chi connectivity index (χ2v) is 3.67. The molecule has 0 aromatic heterocycles. The summed E-state index contributed by atoms with van der Waals surface area (Å²) in [5.41, 5.74) is 5.70. The SMILES string of the molecule is CCCCOC(=O)N=C(N)N1CCNCC1. The first kappa shape index (κ1) is 12.8. The molecule has 1 rings (SSSR count). The number of guanidine groups is 1. The number of aliphatic imine (C=N–C) groups is 1. The predicted molar refractivity (Wildman–Crippen MR) is 62.3 cm³/mol. The van der Waals surface area contributed by atoms with Crippen LogP contribution in [0.25, 0.3) is 0 Å². The lowest BCUT2D eigenvalue weighted by molar-refractivity contribution is 0.155. The molecule has 6 heteroatoms. The minimum Gasteiger partial charge on any atom is -0.448 e. The molecular formula is C10H20N4O2. The molecule has 0 aromatic rings.